The van der Waals surface area contributed by atoms with Crippen LogP contribution in [0.15, 0.2) is 23.2 Å². The van der Waals surface area contributed by atoms with Crippen molar-refractivity contribution in [1.29, 1.82) is 0 Å². The van der Waals surface area contributed by atoms with Gasteiger partial charge in [-0.3, -0.25) is 0 Å². The SMILES string of the molecule is CC(C)(C)NC(N)=NCc1ccc2c(c1)OCO2.I. The lowest BCUT2D eigenvalue weighted by molar-refractivity contribution is 0.174. The topological polar surface area (TPSA) is 68.9 Å². The van der Waals surface area contributed by atoms with Crippen LogP contribution < -0.4 is 20.5 Å². The monoisotopic (exact) mass is 377 g/mol. The first-order chi connectivity index (χ1) is 8.44. The van der Waals surface area contributed by atoms with Crippen LogP contribution in [0.4, 0.5) is 0 Å². The Morgan fingerprint density at radius 2 is 2.00 bits per heavy atom. The normalized spacial score (nSPS) is 13.9. The van der Waals surface area contributed by atoms with Gasteiger partial charge in [0.05, 0.1) is 6.54 Å². The minimum Gasteiger partial charge on any atom is -0.454 e. The Balaban J connectivity index is 0.00000180. The molecule has 1 aromatic rings. The molecule has 6 heteroatoms. The van der Waals surface area contributed by atoms with Crippen molar-refractivity contribution in [3.8, 4) is 11.5 Å². The van der Waals surface area contributed by atoms with E-state index < -0.39 is 0 Å². The number of nitrogens with two attached hydrogens (primary N) is 1. The van der Waals surface area contributed by atoms with Gasteiger partial charge in [-0.05, 0) is 38.5 Å². The molecule has 0 radical (unpaired) electrons. The van der Waals surface area contributed by atoms with Crippen LogP contribution in [0.3, 0.4) is 0 Å². The number of ether oxygens (including phenoxy) is 2. The maximum Gasteiger partial charge on any atom is 0.231 e. The van der Waals surface area contributed by atoms with Gasteiger partial charge in [0.25, 0.3) is 0 Å². The second-order valence-corrected chi connectivity index (χ2v) is 5.26. The Morgan fingerprint density at radius 3 is 2.68 bits per heavy atom. The third kappa shape index (κ3) is 4.77. The molecule has 0 fully saturated rings. The molecule has 0 amide bonds. The third-order valence-corrected chi connectivity index (χ3v) is 2.37. The van der Waals surface area contributed by atoms with Crippen LogP contribution in [-0.2, 0) is 6.54 Å². The number of nitrogens with zero attached hydrogens (tertiary/aromatic N) is 1. The van der Waals surface area contributed by atoms with E-state index in [1.807, 2.05) is 39.0 Å². The molecule has 0 saturated heterocycles. The number of hydrogen-bond donors (Lipinski definition) is 2. The Bertz CT molecular complexity index is 469. The number of hydrogen-bond acceptors (Lipinski definition) is 3. The lowest BCUT2D eigenvalue weighted by Crippen LogP contribution is -2.44. The molecule has 0 bridgehead atoms. The molecule has 1 aliphatic heterocycles. The average molecular weight is 377 g/mol. The van der Waals surface area contributed by atoms with Crippen molar-refractivity contribution in [3.63, 3.8) is 0 Å². The van der Waals surface area contributed by atoms with Gasteiger partial charge in [0.15, 0.2) is 17.5 Å². The first-order valence-corrected chi connectivity index (χ1v) is 5.91. The number of aliphatic imine (C=N–C) groups is 1. The van der Waals surface area contributed by atoms with E-state index in [4.69, 9.17) is 15.2 Å². The number of halogens is 1. The van der Waals surface area contributed by atoms with Crippen molar-refractivity contribution in [3.05, 3.63) is 23.8 Å². The first-order valence-electron chi connectivity index (χ1n) is 5.91. The predicted molar refractivity (Wildman–Crippen MR) is 86.2 cm³/mol. The molecular weight excluding hydrogens is 357 g/mol. The van der Waals surface area contributed by atoms with Gasteiger partial charge in [0.1, 0.15) is 0 Å². The lowest BCUT2D eigenvalue weighted by Gasteiger charge is -2.20. The molecule has 1 aromatic carbocycles. The molecule has 2 rings (SSSR count). The highest BCUT2D eigenvalue weighted by atomic mass is 127. The van der Waals surface area contributed by atoms with Crippen LogP contribution in [0, 0.1) is 0 Å². The summed E-state index contributed by atoms with van der Waals surface area (Å²) in [7, 11) is 0. The van der Waals surface area contributed by atoms with Crippen LogP contribution in [0.5, 0.6) is 11.5 Å². The fourth-order valence-corrected chi connectivity index (χ4v) is 1.64. The van der Waals surface area contributed by atoms with E-state index in [0.29, 0.717) is 12.5 Å². The predicted octanol–water partition coefficient (Wildman–Crippen LogP) is 2.24. The number of fused-ring (bicyclic) bond motifs is 1. The standard InChI is InChI=1S/C13H19N3O2.HI/c1-13(2,3)16-12(14)15-7-9-4-5-10-11(6-9)18-8-17-10;/h4-6H,7-8H2,1-3H3,(H3,14,15,16);1H. The molecule has 0 spiro atoms. The zero-order chi connectivity index (χ0) is 13.2. The second-order valence-electron chi connectivity index (χ2n) is 5.26. The molecule has 1 aliphatic rings. The number of nitrogens with one attached hydrogen (secondary N) is 1. The number of benzene rings is 1. The van der Waals surface area contributed by atoms with Crippen LogP contribution >= 0.6 is 24.0 Å². The molecule has 0 aromatic heterocycles. The summed E-state index contributed by atoms with van der Waals surface area (Å²) in [6.45, 7) is 6.92. The fraction of sp³-hybridized carbons (Fsp3) is 0.462. The fourth-order valence-electron chi connectivity index (χ4n) is 1.64. The van der Waals surface area contributed by atoms with Crippen molar-refractivity contribution >= 4 is 29.9 Å². The van der Waals surface area contributed by atoms with E-state index in [1.165, 1.54) is 0 Å². The molecule has 0 aliphatic carbocycles. The van der Waals surface area contributed by atoms with Crippen molar-refractivity contribution in [2.45, 2.75) is 32.9 Å². The van der Waals surface area contributed by atoms with Gasteiger partial charge in [-0.25, -0.2) is 4.99 Å². The van der Waals surface area contributed by atoms with Crippen molar-refractivity contribution in [2.75, 3.05) is 6.79 Å². The Labute approximate surface area is 130 Å². The Morgan fingerprint density at radius 1 is 1.32 bits per heavy atom. The van der Waals surface area contributed by atoms with Crippen LogP contribution in [0.2, 0.25) is 0 Å². The Hall–Kier alpha value is -1.18. The molecule has 106 valence electrons. The van der Waals surface area contributed by atoms with Gasteiger partial charge >= 0.3 is 0 Å². The van der Waals surface area contributed by atoms with Gasteiger partial charge in [0.2, 0.25) is 6.79 Å². The zero-order valence-electron chi connectivity index (χ0n) is 11.4. The van der Waals surface area contributed by atoms with E-state index in [0.717, 1.165) is 17.1 Å². The highest BCUT2D eigenvalue weighted by Crippen LogP contribution is 2.32. The van der Waals surface area contributed by atoms with Crippen LogP contribution in [0.1, 0.15) is 26.3 Å². The maximum atomic E-state index is 5.80. The second kappa shape index (κ2) is 6.31. The first kappa shape index (κ1) is 15.9. The van der Waals surface area contributed by atoms with E-state index in [2.05, 4.69) is 10.3 Å². The largest absolute Gasteiger partial charge is 0.454 e. The summed E-state index contributed by atoms with van der Waals surface area (Å²) in [5.41, 5.74) is 6.76. The van der Waals surface area contributed by atoms with Gasteiger partial charge in [-0.2, -0.15) is 0 Å². The maximum absolute atomic E-state index is 5.80. The van der Waals surface area contributed by atoms with Gasteiger partial charge in [-0.1, -0.05) is 6.07 Å². The summed E-state index contributed by atoms with van der Waals surface area (Å²) in [4.78, 5) is 4.29. The highest BCUT2D eigenvalue weighted by molar-refractivity contribution is 14.0. The summed E-state index contributed by atoms with van der Waals surface area (Å²) < 4.78 is 10.6. The van der Waals surface area contributed by atoms with Crippen LogP contribution in [-0.4, -0.2) is 18.3 Å². The molecule has 0 saturated carbocycles. The van der Waals surface area contributed by atoms with Gasteiger partial charge < -0.3 is 20.5 Å². The molecule has 0 unspecified atom stereocenters. The van der Waals surface area contributed by atoms with Crippen molar-refractivity contribution in [1.82, 2.24) is 5.32 Å². The van der Waals surface area contributed by atoms with E-state index in [9.17, 15) is 0 Å². The summed E-state index contributed by atoms with van der Waals surface area (Å²) in [6, 6.07) is 5.78. The van der Waals surface area contributed by atoms with E-state index in [1.54, 1.807) is 0 Å². The zero-order valence-corrected chi connectivity index (χ0v) is 13.7. The smallest absolute Gasteiger partial charge is 0.231 e. The minimum atomic E-state index is -0.0809. The summed E-state index contributed by atoms with van der Waals surface area (Å²) in [5, 5.41) is 3.11. The molecule has 0 atom stereocenters. The summed E-state index contributed by atoms with van der Waals surface area (Å²) >= 11 is 0. The van der Waals surface area contributed by atoms with Crippen LogP contribution in [0.25, 0.3) is 0 Å². The Kier molecular flexibility index (Phi) is 5.28. The average Bonchev–Trinajstić information content (AvgIpc) is 2.71. The van der Waals surface area contributed by atoms with E-state index in [-0.39, 0.29) is 36.3 Å². The molecule has 5 nitrogen and oxygen atoms in total. The highest BCUT2D eigenvalue weighted by Gasteiger charge is 2.13. The third-order valence-electron chi connectivity index (χ3n) is 2.37. The van der Waals surface area contributed by atoms with E-state index >= 15 is 0 Å². The lowest BCUT2D eigenvalue weighted by atomic mass is 10.1. The molecule has 19 heavy (non-hydrogen) atoms. The molecular formula is C13H20IN3O2. The minimum absolute atomic E-state index is 0. The van der Waals surface area contributed by atoms with Gasteiger partial charge in [-0.15, -0.1) is 24.0 Å². The van der Waals surface area contributed by atoms with Gasteiger partial charge in [0, 0.05) is 5.54 Å². The number of rotatable bonds is 2. The molecule has 1 heterocycles. The quantitative estimate of drug-likeness (QED) is 0.471. The molecule has 3 N–H and O–H groups in total. The van der Waals surface area contributed by atoms with Crippen molar-refractivity contribution < 1.29 is 9.47 Å². The number of guanidine groups is 1. The van der Waals surface area contributed by atoms with Crippen molar-refractivity contribution in [2.24, 2.45) is 10.7 Å². The summed E-state index contributed by atoms with van der Waals surface area (Å²) in [5.74, 6) is 1.99. The summed E-state index contributed by atoms with van der Waals surface area (Å²) in [6.07, 6.45) is 0.